The summed E-state index contributed by atoms with van der Waals surface area (Å²) in [4.78, 5) is 16.7. The van der Waals surface area contributed by atoms with Crippen molar-refractivity contribution in [2.45, 2.75) is 6.92 Å². The minimum absolute atomic E-state index is 0.218. The number of methoxy groups -OCH3 is 1. The average Bonchev–Trinajstić information content (AvgIpc) is 3.06. The van der Waals surface area contributed by atoms with Crippen LogP contribution in [0.25, 0.3) is 10.6 Å². The first kappa shape index (κ1) is 15.2. The summed E-state index contributed by atoms with van der Waals surface area (Å²) in [7, 11) is 1.61. The highest BCUT2D eigenvalue weighted by Crippen LogP contribution is 2.24. The van der Waals surface area contributed by atoms with E-state index < -0.39 is 0 Å². The summed E-state index contributed by atoms with van der Waals surface area (Å²) in [6.45, 7) is 2.04. The Balaban J connectivity index is 1.74. The van der Waals surface area contributed by atoms with Crippen molar-refractivity contribution in [1.29, 1.82) is 0 Å². The van der Waals surface area contributed by atoms with Crippen LogP contribution < -0.4 is 10.1 Å². The van der Waals surface area contributed by atoms with E-state index in [0.29, 0.717) is 11.4 Å². The molecule has 0 unspecified atom stereocenters. The largest absolute Gasteiger partial charge is 0.497 e. The standard InChI is InChI=1S/C18H16N2O2S/c1-12-3-5-13(6-4-12)18-20-16(11-23-18)17(21)19-14-7-9-15(22-2)10-8-14/h3-11H,1-2H3,(H,19,21). The van der Waals surface area contributed by atoms with E-state index in [4.69, 9.17) is 4.74 Å². The molecule has 0 radical (unpaired) electrons. The zero-order valence-corrected chi connectivity index (χ0v) is 13.7. The van der Waals surface area contributed by atoms with E-state index in [2.05, 4.69) is 10.3 Å². The van der Waals surface area contributed by atoms with Crippen molar-refractivity contribution in [3.63, 3.8) is 0 Å². The van der Waals surface area contributed by atoms with Crippen molar-refractivity contribution >= 4 is 22.9 Å². The zero-order valence-electron chi connectivity index (χ0n) is 12.9. The monoisotopic (exact) mass is 324 g/mol. The third-order valence-corrected chi connectivity index (χ3v) is 4.27. The van der Waals surface area contributed by atoms with Crippen LogP contribution in [0, 0.1) is 6.92 Å². The lowest BCUT2D eigenvalue weighted by Gasteiger charge is -2.04. The summed E-state index contributed by atoms with van der Waals surface area (Å²) in [5, 5.41) is 5.44. The summed E-state index contributed by atoms with van der Waals surface area (Å²) in [5.74, 6) is 0.531. The molecule has 3 rings (SSSR count). The molecular weight excluding hydrogens is 308 g/mol. The van der Waals surface area contributed by atoms with Crippen LogP contribution in [-0.4, -0.2) is 18.0 Å². The molecular formula is C18H16N2O2S. The van der Waals surface area contributed by atoms with Crippen LogP contribution in [0.4, 0.5) is 5.69 Å². The van der Waals surface area contributed by atoms with Crippen LogP contribution >= 0.6 is 11.3 Å². The molecule has 1 heterocycles. The number of amides is 1. The predicted octanol–water partition coefficient (Wildman–Crippen LogP) is 4.38. The van der Waals surface area contributed by atoms with Gasteiger partial charge >= 0.3 is 0 Å². The first-order valence-electron chi connectivity index (χ1n) is 7.13. The summed E-state index contributed by atoms with van der Waals surface area (Å²) >= 11 is 1.46. The van der Waals surface area contributed by atoms with Gasteiger partial charge in [-0.05, 0) is 31.2 Å². The number of anilines is 1. The molecule has 0 fully saturated rings. The van der Waals surface area contributed by atoms with Crippen molar-refractivity contribution in [3.05, 3.63) is 65.2 Å². The smallest absolute Gasteiger partial charge is 0.275 e. The minimum atomic E-state index is -0.218. The van der Waals surface area contributed by atoms with Gasteiger partial charge in [0.25, 0.3) is 5.91 Å². The second-order valence-electron chi connectivity index (χ2n) is 5.09. The summed E-state index contributed by atoms with van der Waals surface area (Å²) in [6.07, 6.45) is 0. The highest BCUT2D eigenvalue weighted by Gasteiger charge is 2.12. The van der Waals surface area contributed by atoms with E-state index in [1.807, 2.05) is 31.2 Å². The molecule has 3 aromatic rings. The number of nitrogens with zero attached hydrogens (tertiary/aromatic N) is 1. The van der Waals surface area contributed by atoms with E-state index in [1.165, 1.54) is 16.9 Å². The molecule has 1 amide bonds. The molecule has 0 aliphatic carbocycles. The van der Waals surface area contributed by atoms with Gasteiger partial charge in [0.05, 0.1) is 7.11 Å². The van der Waals surface area contributed by atoms with Crippen LogP contribution in [0.1, 0.15) is 16.1 Å². The quantitative estimate of drug-likeness (QED) is 0.775. The first-order valence-corrected chi connectivity index (χ1v) is 8.01. The van der Waals surface area contributed by atoms with Crippen molar-refractivity contribution in [2.24, 2.45) is 0 Å². The second kappa shape index (κ2) is 6.62. The topological polar surface area (TPSA) is 51.2 Å². The lowest BCUT2D eigenvalue weighted by Crippen LogP contribution is -2.12. The number of hydrogen-bond donors (Lipinski definition) is 1. The maximum absolute atomic E-state index is 12.3. The number of thiazole rings is 1. The van der Waals surface area contributed by atoms with Gasteiger partial charge in [0.2, 0.25) is 0 Å². The minimum Gasteiger partial charge on any atom is -0.497 e. The van der Waals surface area contributed by atoms with Gasteiger partial charge in [0, 0.05) is 16.6 Å². The lowest BCUT2D eigenvalue weighted by molar-refractivity contribution is 0.102. The number of nitrogens with one attached hydrogen (secondary N) is 1. The van der Waals surface area contributed by atoms with Gasteiger partial charge in [-0.2, -0.15) is 0 Å². The summed E-state index contributed by atoms with van der Waals surface area (Å²) in [5.41, 5.74) is 3.34. The summed E-state index contributed by atoms with van der Waals surface area (Å²) < 4.78 is 5.10. The molecule has 116 valence electrons. The first-order chi connectivity index (χ1) is 11.2. The Hall–Kier alpha value is -2.66. The highest BCUT2D eigenvalue weighted by atomic mass is 32.1. The molecule has 2 aromatic carbocycles. The molecule has 1 N–H and O–H groups in total. The van der Waals surface area contributed by atoms with Gasteiger partial charge in [0.1, 0.15) is 16.5 Å². The number of hydrogen-bond acceptors (Lipinski definition) is 4. The fourth-order valence-electron chi connectivity index (χ4n) is 2.08. The third kappa shape index (κ3) is 3.57. The Morgan fingerprint density at radius 3 is 2.43 bits per heavy atom. The van der Waals surface area contributed by atoms with E-state index in [1.54, 1.807) is 36.8 Å². The number of rotatable bonds is 4. The maximum atomic E-state index is 12.3. The molecule has 0 aliphatic rings. The Morgan fingerprint density at radius 1 is 1.09 bits per heavy atom. The Morgan fingerprint density at radius 2 is 1.78 bits per heavy atom. The van der Waals surface area contributed by atoms with Crippen LogP contribution in [-0.2, 0) is 0 Å². The fourth-order valence-corrected chi connectivity index (χ4v) is 2.88. The van der Waals surface area contributed by atoms with Gasteiger partial charge in [-0.1, -0.05) is 29.8 Å². The number of aromatic nitrogens is 1. The molecule has 0 bridgehead atoms. The number of benzene rings is 2. The van der Waals surface area contributed by atoms with Crippen LogP contribution in [0.3, 0.4) is 0 Å². The molecule has 23 heavy (non-hydrogen) atoms. The molecule has 0 saturated heterocycles. The van der Waals surface area contributed by atoms with Crippen molar-refractivity contribution < 1.29 is 9.53 Å². The van der Waals surface area contributed by atoms with E-state index in [0.717, 1.165) is 16.3 Å². The fraction of sp³-hybridized carbons (Fsp3) is 0.111. The SMILES string of the molecule is COc1ccc(NC(=O)c2csc(-c3ccc(C)cc3)n2)cc1. The van der Waals surface area contributed by atoms with Gasteiger partial charge in [-0.15, -0.1) is 11.3 Å². The van der Waals surface area contributed by atoms with Crippen molar-refractivity contribution in [1.82, 2.24) is 4.98 Å². The molecule has 0 aliphatic heterocycles. The average molecular weight is 324 g/mol. The highest BCUT2D eigenvalue weighted by molar-refractivity contribution is 7.13. The van der Waals surface area contributed by atoms with E-state index in [9.17, 15) is 4.79 Å². The molecule has 1 aromatic heterocycles. The Bertz CT molecular complexity index is 808. The van der Waals surface area contributed by atoms with Gasteiger partial charge in [-0.3, -0.25) is 4.79 Å². The maximum Gasteiger partial charge on any atom is 0.275 e. The third-order valence-electron chi connectivity index (χ3n) is 3.38. The Kier molecular flexibility index (Phi) is 4.39. The van der Waals surface area contributed by atoms with Gasteiger partial charge in [-0.25, -0.2) is 4.98 Å². The zero-order chi connectivity index (χ0) is 16.2. The number of carbonyl (C=O) groups excluding carboxylic acids is 1. The molecule has 4 nitrogen and oxygen atoms in total. The van der Waals surface area contributed by atoms with Crippen LogP contribution in [0.2, 0.25) is 0 Å². The molecule has 5 heteroatoms. The lowest BCUT2D eigenvalue weighted by atomic mass is 10.2. The van der Waals surface area contributed by atoms with Crippen LogP contribution in [0.5, 0.6) is 5.75 Å². The molecule has 0 atom stereocenters. The Labute approximate surface area is 138 Å². The van der Waals surface area contributed by atoms with Crippen molar-refractivity contribution in [2.75, 3.05) is 12.4 Å². The normalized spacial score (nSPS) is 10.3. The molecule has 0 saturated carbocycles. The number of aryl methyl sites for hydroxylation is 1. The van der Waals surface area contributed by atoms with Gasteiger partial charge in [0.15, 0.2) is 0 Å². The number of ether oxygens (including phenoxy) is 1. The van der Waals surface area contributed by atoms with E-state index >= 15 is 0 Å². The molecule has 0 spiro atoms. The predicted molar refractivity (Wildman–Crippen MR) is 93.2 cm³/mol. The summed E-state index contributed by atoms with van der Waals surface area (Å²) in [6, 6.07) is 15.3. The number of carbonyl (C=O) groups is 1. The van der Waals surface area contributed by atoms with Crippen molar-refractivity contribution in [3.8, 4) is 16.3 Å². The van der Waals surface area contributed by atoms with Crippen LogP contribution in [0.15, 0.2) is 53.9 Å². The van der Waals surface area contributed by atoms with Gasteiger partial charge < -0.3 is 10.1 Å². The van der Waals surface area contributed by atoms with E-state index in [-0.39, 0.29) is 5.91 Å². The second-order valence-corrected chi connectivity index (χ2v) is 5.94.